The lowest BCUT2D eigenvalue weighted by atomic mass is 10.1. The number of rotatable bonds is 6. The first-order valence-corrected chi connectivity index (χ1v) is 8.66. The zero-order chi connectivity index (χ0) is 19.4. The first-order valence-electron chi connectivity index (χ1n) is 8.66. The van der Waals surface area contributed by atoms with Crippen molar-refractivity contribution >= 4 is 12.0 Å². The highest BCUT2D eigenvalue weighted by atomic mass is 16.5. The number of hydrogen-bond donors (Lipinski definition) is 3. The van der Waals surface area contributed by atoms with E-state index in [1.807, 2.05) is 19.1 Å². The summed E-state index contributed by atoms with van der Waals surface area (Å²) in [5.74, 6) is 0.573. The van der Waals surface area contributed by atoms with Gasteiger partial charge in [-0.25, -0.2) is 9.59 Å². The molecule has 0 bridgehead atoms. The number of methoxy groups -OCH3 is 1. The van der Waals surface area contributed by atoms with E-state index in [9.17, 15) is 9.59 Å². The van der Waals surface area contributed by atoms with Gasteiger partial charge in [0.05, 0.1) is 12.7 Å². The molecule has 0 spiro atoms. The van der Waals surface area contributed by atoms with Gasteiger partial charge in [0.1, 0.15) is 17.6 Å². The van der Waals surface area contributed by atoms with Crippen LogP contribution in [0.5, 0.6) is 11.5 Å². The second-order valence-corrected chi connectivity index (χ2v) is 6.44. The summed E-state index contributed by atoms with van der Waals surface area (Å²) in [4.78, 5) is 22.9. The maximum atomic E-state index is 12.1. The van der Waals surface area contributed by atoms with E-state index in [2.05, 4.69) is 10.6 Å². The first-order chi connectivity index (χ1) is 13.0. The Morgan fingerprint density at radius 2 is 1.89 bits per heavy atom. The number of nitrogens with one attached hydrogen (secondary N) is 2. The molecule has 3 N–H and O–H groups in total. The minimum Gasteiger partial charge on any atom is -0.496 e. The van der Waals surface area contributed by atoms with Crippen LogP contribution in [0.25, 0.3) is 0 Å². The Balaban J connectivity index is 1.55. The van der Waals surface area contributed by atoms with Crippen molar-refractivity contribution in [2.75, 3.05) is 7.11 Å². The SMILES string of the molecule is COc1cc2c(cc1CNC(=O)NCc1ccc(C(=O)O)cc1)OC(C)C2. The summed E-state index contributed by atoms with van der Waals surface area (Å²) < 4.78 is 11.2. The van der Waals surface area contributed by atoms with Crippen LogP contribution in [0.2, 0.25) is 0 Å². The highest BCUT2D eigenvalue weighted by Gasteiger charge is 2.21. The average molecular weight is 370 g/mol. The minimum absolute atomic E-state index is 0.142. The van der Waals surface area contributed by atoms with E-state index in [0.717, 1.165) is 34.6 Å². The number of fused-ring (bicyclic) bond motifs is 1. The Bertz CT molecular complexity index is 848. The van der Waals surface area contributed by atoms with E-state index in [1.54, 1.807) is 19.2 Å². The fourth-order valence-electron chi connectivity index (χ4n) is 3.00. The molecule has 0 radical (unpaired) electrons. The zero-order valence-electron chi connectivity index (χ0n) is 15.2. The van der Waals surface area contributed by atoms with Gasteiger partial charge in [-0.3, -0.25) is 0 Å². The summed E-state index contributed by atoms with van der Waals surface area (Å²) in [5, 5.41) is 14.4. The van der Waals surface area contributed by atoms with Gasteiger partial charge in [0.15, 0.2) is 0 Å². The van der Waals surface area contributed by atoms with Gasteiger partial charge in [-0.05, 0) is 36.8 Å². The van der Waals surface area contributed by atoms with Gasteiger partial charge in [0.25, 0.3) is 0 Å². The highest BCUT2D eigenvalue weighted by Crippen LogP contribution is 2.34. The molecule has 0 fully saturated rings. The lowest BCUT2D eigenvalue weighted by Crippen LogP contribution is -2.34. The number of carbonyl (C=O) groups excluding carboxylic acids is 1. The molecule has 2 amide bonds. The second kappa shape index (κ2) is 7.99. The second-order valence-electron chi connectivity index (χ2n) is 6.44. The maximum Gasteiger partial charge on any atom is 0.335 e. The van der Waals surface area contributed by atoms with Crippen LogP contribution in [0.15, 0.2) is 36.4 Å². The molecular formula is C20H22N2O5. The van der Waals surface area contributed by atoms with E-state index in [-0.39, 0.29) is 17.7 Å². The van der Waals surface area contributed by atoms with Crippen molar-refractivity contribution in [3.63, 3.8) is 0 Å². The molecule has 0 saturated heterocycles. The van der Waals surface area contributed by atoms with Crippen molar-refractivity contribution in [2.24, 2.45) is 0 Å². The number of amides is 2. The lowest BCUT2D eigenvalue weighted by molar-refractivity contribution is 0.0697. The van der Waals surface area contributed by atoms with E-state index >= 15 is 0 Å². The summed E-state index contributed by atoms with van der Waals surface area (Å²) >= 11 is 0. The number of ether oxygens (including phenoxy) is 2. The predicted octanol–water partition coefficient (Wildman–Crippen LogP) is 2.72. The lowest BCUT2D eigenvalue weighted by Gasteiger charge is -2.13. The van der Waals surface area contributed by atoms with Crippen LogP contribution in [-0.2, 0) is 19.5 Å². The average Bonchev–Trinajstić information content (AvgIpc) is 3.02. The van der Waals surface area contributed by atoms with Gasteiger partial charge in [0, 0.05) is 30.6 Å². The monoisotopic (exact) mass is 370 g/mol. The third-order valence-corrected chi connectivity index (χ3v) is 4.39. The summed E-state index contributed by atoms with van der Waals surface area (Å²) in [5.41, 5.74) is 2.97. The first kappa shape index (κ1) is 18.6. The molecular weight excluding hydrogens is 348 g/mol. The van der Waals surface area contributed by atoms with E-state index < -0.39 is 5.97 Å². The highest BCUT2D eigenvalue weighted by molar-refractivity contribution is 5.87. The normalized spacial score (nSPS) is 14.8. The van der Waals surface area contributed by atoms with Gasteiger partial charge < -0.3 is 25.2 Å². The molecule has 2 aromatic carbocycles. The molecule has 0 aliphatic carbocycles. The Labute approximate surface area is 157 Å². The van der Waals surface area contributed by atoms with E-state index in [0.29, 0.717) is 13.1 Å². The summed E-state index contributed by atoms with van der Waals surface area (Å²) in [6, 6.07) is 9.90. The smallest absolute Gasteiger partial charge is 0.335 e. The summed E-state index contributed by atoms with van der Waals surface area (Å²) in [6.07, 6.45) is 0.990. The minimum atomic E-state index is -0.978. The van der Waals surface area contributed by atoms with Crippen molar-refractivity contribution in [1.29, 1.82) is 0 Å². The molecule has 142 valence electrons. The molecule has 1 atom stereocenters. The number of carbonyl (C=O) groups is 2. The number of carboxylic acid groups (broad SMARTS) is 1. The maximum absolute atomic E-state index is 12.1. The molecule has 3 rings (SSSR count). The van der Waals surface area contributed by atoms with Gasteiger partial charge in [-0.1, -0.05) is 12.1 Å². The molecule has 1 unspecified atom stereocenters. The number of aromatic carboxylic acids is 1. The summed E-state index contributed by atoms with van der Waals surface area (Å²) in [6.45, 7) is 2.62. The van der Waals surface area contributed by atoms with Crippen LogP contribution >= 0.6 is 0 Å². The fraction of sp³-hybridized carbons (Fsp3) is 0.300. The Hall–Kier alpha value is -3.22. The molecule has 1 aliphatic heterocycles. The van der Waals surface area contributed by atoms with Crippen LogP contribution in [0.4, 0.5) is 4.79 Å². The Kier molecular flexibility index (Phi) is 5.49. The molecule has 0 saturated carbocycles. The Morgan fingerprint density at radius 3 is 2.56 bits per heavy atom. The topological polar surface area (TPSA) is 96.9 Å². The number of urea groups is 1. The van der Waals surface area contributed by atoms with E-state index in [4.69, 9.17) is 14.6 Å². The predicted molar refractivity (Wildman–Crippen MR) is 99.3 cm³/mol. The third-order valence-electron chi connectivity index (χ3n) is 4.39. The van der Waals surface area contributed by atoms with Crippen molar-refractivity contribution in [3.05, 3.63) is 58.7 Å². The van der Waals surface area contributed by atoms with Gasteiger partial charge in [0.2, 0.25) is 0 Å². The quantitative estimate of drug-likeness (QED) is 0.726. The summed E-state index contributed by atoms with van der Waals surface area (Å²) in [7, 11) is 1.60. The van der Waals surface area contributed by atoms with Crippen LogP contribution in [0, 0.1) is 0 Å². The molecule has 1 heterocycles. The molecule has 1 aliphatic rings. The molecule has 2 aromatic rings. The van der Waals surface area contributed by atoms with Gasteiger partial charge >= 0.3 is 12.0 Å². The third kappa shape index (κ3) is 4.49. The standard InChI is InChI=1S/C20H22N2O5/c1-12-7-15-8-17(26-2)16(9-18(15)27-12)11-22-20(25)21-10-13-3-5-14(6-4-13)19(23)24/h3-6,8-9,12H,7,10-11H2,1-2H3,(H,23,24)(H2,21,22,25). The van der Waals surface area contributed by atoms with Crippen LogP contribution in [0.3, 0.4) is 0 Å². The van der Waals surface area contributed by atoms with E-state index in [1.165, 1.54) is 12.1 Å². The molecule has 27 heavy (non-hydrogen) atoms. The number of hydrogen-bond acceptors (Lipinski definition) is 4. The van der Waals surface area contributed by atoms with Gasteiger partial charge in [-0.2, -0.15) is 0 Å². The zero-order valence-corrected chi connectivity index (χ0v) is 15.2. The number of carboxylic acids is 1. The molecule has 0 aromatic heterocycles. The van der Waals surface area contributed by atoms with Crippen LogP contribution in [-0.4, -0.2) is 30.3 Å². The van der Waals surface area contributed by atoms with Crippen LogP contribution < -0.4 is 20.1 Å². The Morgan fingerprint density at radius 1 is 1.19 bits per heavy atom. The fourth-order valence-corrected chi connectivity index (χ4v) is 3.00. The van der Waals surface area contributed by atoms with Crippen molar-refractivity contribution in [3.8, 4) is 11.5 Å². The largest absolute Gasteiger partial charge is 0.496 e. The van der Waals surface area contributed by atoms with Crippen LogP contribution in [0.1, 0.15) is 34.0 Å². The van der Waals surface area contributed by atoms with Crippen molar-refractivity contribution in [2.45, 2.75) is 32.5 Å². The van der Waals surface area contributed by atoms with Crippen molar-refractivity contribution < 1.29 is 24.2 Å². The molecule has 7 nitrogen and oxygen atoms in total. The van der Waals surface area contributed by atoms with Crippen molar-refractivity contribution in [1.82, 2.24) is 10.6 Å². The molecule has 7 heteroatoms. The number of benzene rings is 2. The van der Waals surface area contributed by atoms with Gasteiger partial charge in [-0.15, -0.1) is 0 Å².